The Labute approximate surface area is 189 Å². The minimum atomic E-state index is -0.363. The lowest BCUT2D eigenvalue weighted by Gasteiger charge is -2.29. The molecule has 4 aromatic carbocycles. The molecule has 0 saturated carbocycles. The van der Waals surface area contributed by atoms with E-state index in [4.69, 9.17) is 4.42 Å². The highest BCUT2D eigenvalue weighted by atomic mass is 79.9. The molecule has 31 heavy (non-hydrogen) atoms. The fourth-order valence-electron chi connectivity index (χ4n) is 5.60. The van der Waals surface area contributed by atoms with Crippen molar-refractivity contribution in [2.75, 3.05) is 0 Å². The molecule has 0 radical (unpaired) electrons. The van der Waals surface area contributed by atoms with Gasteiger partial charge in [0.2, 0.25) is 0 Å². The van der Waals surface area contributed by atoms with E-state index in [-0.39, 0.29) is 5.41 Å². The Kier molecular flexibility index (Phi) is 3.40. The van der Waals surface area contributed by atoms with Crippen molar-refractivity contribution in [1.29, 1.82) is 0 Å². The van der Waals surface area contributed by atoms with Gasteiger partial charge >= 0.3 is 0 Å². The molecule has 0 saturated heterocycles. The van der Waals surface area contributed by atoms with Crippen LogP contribution in [0.25, 0.3) is 33.8 Å². The van der Waals surface area contributed by atoms with Crippen LogP contribution in [-0.2, 0) is 5.41 Å². The van der Waals surface area contributed by atoms with Crippen molar-refractivity contribution in [2.24, 2.45) is 0 Å². The van der Waals surface area contributed by atoms with Gasteiger partial charge in [-0.2, -0.15) is 0 Å². The molecule has 1 unspecified atom stereocenters. The molecule has 2 aliphatic carbocycles. The first kappa shape index (κ1) is 17.3. The van der Waals surface area contributed by atoms with Crippen LogP contribution in [0.4, 0.5) is 0 Å². The van der Waals surface area contributed by atoms with E-state index in [1.807, 2.05) is 6.07 Å². The van der Waals surface area contributed by atoms with Gasteiger partial charge in [-0.3, -0.25) is 0 Å². The summed E-state index contributed by atoms with van der Waals surface area (Å²) >= 11 is 3.74. The van der Waals surface area contributed by atoms with Crippen molar-refractivity contribution >= 4 is 15.9 Å². The van der Waals surface area contributed by atoms with Crippen molar-refractivity contribution in [3.8, 4) is 33.8 Å². The van der Waals surface area contributed by atoms with Crippen molar-refractivity contribution in [3.05, 3.63) is 130 Å². The van der Waals surface area contributed by atoms with Crippen molar-refractivity contribution < 1.29 is 4.42 Å². The van der Waals surface area contributed by atoms with Crippen LogP contribution in [-0.4, -0.2) is 0 Å². The molecule has 1 spiro atoms. The van der Waals surface area contributed by atoms with Gasteiger partial charge in [0.05, 0.1) is 5.41 Å². The van der Waals surface area contributed by atoms with E-state index >= 15 is 0 Å². The van der Waals surface area contributed by atoms with E-state index in [2.05, 4.69) is 113 Å². The van der Waals surface area contributed by atoms with Crippen LogP contribution in [0.3, 0.4) is 0 Å². The number of furan rings is 1. The standard InChI is InChI=1S/C29H17BrO/c30-19-14-15-21-20-10-4-6-12-23(20)29(25(21)16-19)24-13-7-5-11-22(24)28-26(29)17-27(31-28)18-8-2-1-3-9-18/h1-17H. The topological polar surface area (TPSA) is 13.1 Å². The fraction of sp³-hybridized carbons (Fsp3) is 0.0345. The zero-order valence-corrected chi connectivity index (χ0v) is 18.2. The number of hydrogen-bond acceptors (Lipinski definition) is 1. The first-order valence-electron chi connectivity index (χ1n) is 10.5. The van der Waals surface area contributed by atoms with Crippen molar-refractivity contribution in [2.45, 2.75) is 5.41 Å². The van der Waals surface area contributed by atoms with Crippen LogP contribution in [0.5, 0.6) is 0 Å². The highest BCUT2D eigenvalue weighted by molar-refractivity contribution is 9.10. The lowest BCUT2D eigenvalue weighted by atomic mass is 9.71. The Bertz CT molecular complexity index is 1490. The lowest BCUT2D eigenvalue weighted by Crippen LogP contribution is -2.25. The molecule has 0 fully saturated rings. The maximum atomic E-state index is 6.57. The summed E-state index contributed by atoms with van der Waals surface area (Å²) in [5, 5.41) is 0. The first-order chi connectivity index (χ1) is 15.3. The highest BCUT2D eigenvalue weighted by Crippen LogP contribution is 2.63. The fourth-order valence-corrected chi connectivity index (χ4v) is 5.96. The van der Waals surface area contributed by atoms with Gasteiger partial charge < -0.3 is 4.42 Å². The summed E-state index contributed by atoms with van der Waals surface area (Å²) in [4.78, 5) is 0. The molecule has 1 heterocycles. The lowest BCUT2D eigenvalue weighted by molar-refractivity contribution is 0.596. The molecule has 0 N–H and O–H groups in total. The van der Waals surface area contributed by atoms with Gasteiger partial charge in [-0.25, -0.2) is 0 Å². The van der Waals surface area contributed by atoms with Gasteiger partial charge in [0.25, 0.3) is 0 Å². The van der Waals surface area contributed by atoms with Crippen LogP contribution in [0.2, 0.25) is 0 Å². The zero-order valence-electron chi connectivity index (χ0n) is 16.6. The minimum absolute atomic E-state index is 0.363. The van der Waals surface area contributed by atoms with E-state index in [9.17, 15) is 0 Å². The summed E-state index contributed by atoms with van der Waals surface area (Å²) in [7, 11) is 0. The Morgan fingerprint density at radius 3 is 2.00 bits per heavy atom. The Hall–Kier alpha value is -3.36. The van der Waals surface area contributed by atoms with E-state index in [0.29, 0.717) is 0 Å². The smallest absolute Gasteiger partial charge is 0.139 e. The van der Waals surface area contributed by atoms with Gasteiger partial charge in [-0.15, -0.1) is 0 Å². The van der Waals surface area contributed by atoms with E-state index in [1.165, 1.54) is 38.9 Å². The third kappa shape index (κ3) is 2.11. The molecule has 2 aliphatic rings. The van der Waals surface area contributed by atoms with Gasteiger partial charge in [-0.1, -0.05) is 101 Å². The normalized spacial score (nSPS) is 17.3. The number of halogens is 1. The van der Waals surface area contributed by atoms with Gasteiger partial charge in [0.15, 0.2) is 0 Å². The zero-order chi connectivity index (χ0) is 20.6. The molecular weight excluding hydrogens is 444 g/mol. The summed E-state index contributed by atoms with van der Waals surface area (Å²) < 4.78 is 7.67. The highest BCUT2D eigenvalue weighted by Gasteiger charge is 2.53. The summed E-state index contributed by atoms with van der Waals surface area (Å²) in [5.74, 6) is 1.90. The second kappa shape index (κ2) is 6.09. The Morgan fingerprint density at radius 2 is 1.19 bits per heavy atom. The van der Waals surface area contributed by atoms with E-state index in [0.717, 1.165) is 21.6 Å². The summed E-state index contributed by atoms with van der Waals surface area (Å²) in [6, 6.07) is 36.8. The third-order valence-electron chi connectivity index (χ3n) is 6.78. The monoisotopic (exact) mass is 460 g/mol. The van der Waals surface area contributed by atoms with Crippen LogP contribution < -0.4 is 0 Å². The molecule has 1 aromatic heterocycles. The average molecular weight is 461 g/mol. The Balaban J connectivity index is 1.64. The second-order valence-electron chi connectivity index (χ2n) is 8.25. The molecule has 0 bridgehead atoms. The number of hydrogen-bond donors (Lipinski definition) is 0. The molecule has 1 atom stereocenters. The van der Waals surface area contributed by atoms with Crippen molar-refractivity contribution in [1.82, 2.24) is 0 Å². The maximum absolute atomic E-state index is 6.57. The molecular formula is C29H17BrO. The summed E-state index contributed by atoms with van der Waals surface area (Å²) in [6.07, 6.45) is 0. The van der Waals surface area contributed by atoms with Gasteiger partial charge in [-0.05, 0) is 46.0 Å². The number of benzene rings is 4. The average Bonchev–Trinajstić information content (AvgIpc) is 3.45. The minimum Gasteiger partial charge on any atom is -0.456 e. The van der Waals surface area contributed by atoms with Crippen LogP contribution >= 0.6 is 15.9 Å². The molecule has 146 valence electrons. The molecule has 0 amide bonds. The van der Waals surface area contributed by atoms with Gasteiger partial charge in [0.1, 0.15) is 11.5 Å². The van der Waals surface area contributed by atoms with Crippen LogP contribution in [0, 0.1) is 0 Å². The van der Waals surface area contributed by atoms with Crippen molar-refractivity contribution in [3.63, 3.8) is 0 Å². The predicted octanol–water partition coefficient (Wildman–Crippen LogP) is 8.05. The van der Waals surface area contributed by atoms with E-state index in [1.54, 1.807) is 0 Å². The second-order valence-corrected chi connectivity index (χ2v) is 9.17. The first-order valence-corrected chi connectivity index (χ1v) is 11.3. The van der Waals surface area contributed by atoms with E-state index < -0.39 is 0 Å². The number of fused-ring (bicyclic) bond motifs is 10. The molecule has 2 heteroatoms. The predicted molar refractivity (Wildman–Crippen MR) is 128 cm³/mol. The molecule has 7 rings (SSSR count). The van der Waals surface area contributed by atoms with Crippen LogP contribution in [0.1, 0.15) is 22.3 Å². The summed E-state index contributed by atoms with van der Waals surface area (Å²) in [6.45, 7) is 0. The molecule has 5 aromatic rings. The van der Waals surface area contributed by atoms with Crippen LogP contribution in [0.15, 0.2) is 112 Å². The Morgan fingerprint density at radius 1 is 0.548 bits per heavy atom. The molecule has 1 nitrogen and oxygen atoms in total. The molecule has 0 aliphatic heterocycles. The third-order valence-corrected chi connectivity index (χ3v) is 7.27. The largest absolute Gasteiger partial charge is 0.456 e. The summed E-state index contributed by atoms with van der Waals surface area (Å²) in [5.41, 5.74) is 9.69. The SMILES string of the molecule is Brc1ccc2c(c1)C1(c3ccccc3-2)c2ccccc2-c2oc(-c3ccccc3)cc21. The maximum Gasteiger partial charge on any atom is 0.139 e. The van der Waals surface area contributed by atoms with Gasteiger partial charge in [0, 0.05) is 21.2 Å². The quantitative estimate of drug-likeness (QED) is 0.241. The number of rotatable bonds is 1.